The van der Waals surface area contributed by atoms with Gasteiger partial charge in [0.05, 0.1) is 3.79 Å². The Bertz CT molecular complexity index is 411. The number of amides is 2. The van der Waals surface area contributed by atoms with Crippen molar-refractivity contribution in [2.24, 2.45) is 0 Å². The van der Waals surface area contributed by atoms with Crippen LogP contribution in [0.15, 0.2) is 15.9 Å². The monoisotopic (exact) mass is 287 g/mol. The third-order valence-electron chi connectivity index (χ3n) is 2.55. The van der Waals surface area contributed by atoms with E-state index in [4.69, 9.17) is 0 Å². The summed E-state index contributed by atoms with van der Waals surface area (Å²) < 4.78 is 1.03. The second-order valence-corrected chi connectivity index (χ2v) is 6.45. The molecule has 0 bridgehead atoms. The zero-order valence-electron chi connectivity index (χ0n) is 8.17. The number of carbonyl (C=O) groups excluding carboxylic acids is 2. The van der Waals surface area contributed by atoms with Crippen molar-refractivity contribution >= 4 is 39.1 Å². The molecule has 0 aliphatic carbocycles. The summed E-state index contributed by atoms with van der Waals surface area (Å²) in [5.41, 5.74) is -0.337. The first kappa shape index (κ1) is 10.8. The van der Waals surface area contributed by atoms with Crippen LogP contribution in [-0.2, 0) is 15.0 Å². The lowest BCUT2D eigenvalue weighted by molar-refractivity contribution is -0.135. The fraction of sp³-hybridized carbons (Fsp3) is 0.400. The molecule has 1 aromatic heterocycles. The summed E-state index contributed by atoms with van der Waals surface area (Å²) in [6.07, 6.45) is 0.761. The number of thiophene rings is 1. The highest BCUT2D eigenvalue weighted by molar-refractivity contribution is 9.11. The van der Waals surface area contributed by atoms with Crippen LogP contribution >= 0.6 is 27.3 Å². The maximum Gasteiger partial charge on any atom is 0.227 e. The van der Waals surface area contributed by atoms with Crippen molar-refractivity contribution in [2.45, 2.75) is 25.2 Å². The van der Waals surface area contributed by atoms with Crippen LogP contribution in [0.1, 0.15) is 24.6 Å². The Labute approximate surface area is 100.0 Å². The molecule has 1 aromatic rings. The second kappa shape index (κ2) is 3.72. The van der Waals surface area contributed by atoms with Crippen LogP contribution in [-0.4, -0.2) is 11.8 Å². The van der Waals surface area contributed by atoms with Crippen molar-refractivity contribution in [1.82, 2.24) is 5.32 Å². The van der Waals surface area contributed by atoms with E-state index in [1.54, 1.807) is 11.3 Å². The van der Waals surface area contributed by atoms with Gasteiger partial charge in [-0.1, -0.05) is 6.92 Å². The molecule has 0 radical (unpaired) electrons. The zero-order chi connectivity index (χ0) is 11.1. The predicted molar refractivity (Wildman–Crippen MR) is 61.8 cm³/mol. The van der Waals surface area contributed by atoms with Gasteiger partial charge in [-0.2, -0.15) is 0 Å². The maximum absolute atomic E-state index is 11.3. The summed E-state index contributed by atoms with van der Waals surface area (Å²) in [5.74, 6) is -0.364. The molecule has 0 atom stereocenters. The molecule has 0 unspecified atom stereocenters. The van der Waals surface area contributed by atoms with E-state index in [-0.39, 0.29) is 17.2 Å². The molecule has 3 nitrogen and oxygen atoms in total. The molecule has 0 aromatic carbocycles. The van der Waals surface area contributed by atoms with Gasteiger partial charge >= 0.3 is 0 Å². The number of carbonyl (C=O) groups is 2. The van der Waals surface area contributed by atoms with Gasteiger partial charge in [-0.25, -0.2) is 0 Å². The number of hydrogen-bond donors (Lipinski definition) is 1. The Morgan fingerprint density at radius 2 is 1.93 bits per heavy atom. The lowest BCUT2D eigenvalue weighted by atomic mass is 9.79. The van der Waals surface area contributed by atoms with E-state index in [0.29, 0.717) is 12.8 Å². The predicted octanol–water partition coefficient (Wildman–Crippen LogP) is 2.20. The highest BCUT2D eigenvalue weighted by atomic mass is 79.9. The SMILES string of the molecule is CC1(c2ccc(Br)s2)CC(=O)NC(=O)C1. The van der Waals surface area contributed by atoms with E-state index in [2.05, 4.69) is 21.2 Å². The van der Waals surface area contributed by atoms with Crippen molar-refractivity contribution in [3.63, 3.8) is 0 Å². The van der Waals surface area contributed by atoms with Gasteiger partial charge in [-0.05, 0) is 28.1 Å². The van der Waals surface area contributed by atoms with E-state index >= 15 is 0 Å². The van der Waals surface area contributed by atoms with Gasteiger partial charge in [0.25, 0.3) is 0 Å². The molecule has 1 aliphatic heterocycles. The van der Waals surface area contributed by atoms with Crippen LogP contribution < -0.4 is 5.32 Å². The van der Waals surface area contributed by atoms with Crippen molar-refractivity contribution in [3.05, 3.63) is 20.8 Å². The van der Waals surface area contributed by atoms with Crippen LogP contribution in [0.4, 0.5) is 0 Å². The first-order chi connectivity index (χ1) is 6.99. The number of piperidine rings is 1. The average molecular weight is 288 g/mol. The summed E-state index contributed by atoms with van der Waals surface area (Å²) in [7, 11) is 0. The van der Waals surface area contributed by atoms with Gasteiger partial charge in [0.15, 0.2) is 0 Å². The Hall–Kier alpha value is -0.680. The standard InChI is InChI=1S/C10H10BrNO2S/c1-10(6-2-3-7(11)15-6)4-8(13)12-9(14)5-10/h2-3H,4-5H2,1H3,(H,12,13,14). The van der Waals surface area contributed by atoms with Gasteiger partial charge in [0.2, 0.25) is 11.8 Å². The molecule has 1 N–H and O–H groups in total. The van der Waals surface area contributed by atoms with Crippen LogP contribution in [0.3, 0.4) is 0 Å². The summed E-state index contributed by atoms with van der Waals surface area (Å²) in [6, 6.07) is 3.92. The molecule has 0 spiro atoms. The number of nitrogens with one attached hydrogen (secondary N) is 1. The molecular weight excluding hydrogens is 278 g/mol. The minimum Gasteiger partial charge on any atom is -0.296 e. The average Bonchev–Trinajstić information content (AvgIpc) is 2.49. The number of imide groups is 1. The largest absolute Gasteiger partial charge is 0.296 e. The zero-order valence-corrected chi connectivity index (χ0v) is 10.6. The smallest absolute Gasteiger partial charge is 0.227 e. The molecule has 0 saturated carbocycles. The lowest BCUT2D eigenvalue weighted by Gasteiger charge is -2.30. The molecule has 5 heteroatoms. The second-order valence-electron chi connectivity index (χ2n) is 3.99. The molecular formula is C10H10BrNO2S. The third kappa shape index (κ3) is 2.13. The highest BCUT2D eigenvalue weighted by Crippen LogP contribution is 2.39. The van der Waals surface area contributed by atoms with Crippen LogP contribution in [0.5, 0.6) is 0 Å². The number of halogens is 1. The topological polar surface area (TPSA) is 46.2 Å². The van der Waals surface area contributed by atoms with Crippen LogP contribution in [0.25, 0.3) is 0 Å². The highest BCUT2D eigenvalue weighted by Gasteiger charge is 2.37. The molecule has 2 rings (SSSR count). The van der Waals surface area contributed by atoms with Crippen molar-refractivity contribution < 1.29 is 9.59 Å². The van der Waals surface area contributed by atoms with Gasteiger partial charge in [-0.15, -0.1) is 11.3 Å². The molecule has 1 saturated heterocycles. The fourth-order valence-electron chi connectivity index (χ4n) is 1.83. The summed E-state index contributed by atoms with van der Waals surface area (Å²) in [4.78, 5) is 23.7. The van der Waals surface area contributed by atoms with Crippen molar-refractivity contribution in [1.29, 1.82) is 0 Å². The Morgan fingerprint density at radius 1 is 1.33 bits per heavy atom. The Kier molecular flexibility index (Phi) is 2.68. The number of rotatable bonds is 1. The lowest BCUT2D eigenvalue weighted by Crippen LogP contribution is -2.45. The molecule has 1 fully saturated rings. The molecule has 80 valence electrons. The maximum atomic E-state index is 11.3. The van der Waals surface area contributed by atoms with Gasteiger partial charge in [0.1, 0.15) is 0 Å². The van der Waals surface area contributed by atoms with Crippen LogP contribution in [0.2, 0.25) is 0 Å². The van der Waals surface area contributed by atoms with E-state index in [0.717, 1.165) is 8.66 Å². The van der Waals surface area contributed by atoms with E-state index < -0.39 is 0 Å². The van der Waals surface area contributed by atoms with E-state index in [9.17, 15) is 9.59 Å². The van der Waals surface area contributed by atoms with E-state index in [1.807, 2.05) is 19.1 Å². The van der Waals surface area contributed by atoms with Crippen molar-refractivity contribution in [2.75, 3.05) is 0 Å². The first-order valence-electron chi connectivity index (χ1n) is 4.58. The normalized spacial score (nSPS) is 20.1. The molecule has 1 aliphatic rings. The minimum absolute atomic E-state index is 0.182. The Morgan fingerprint density at radius 3 is 2.40 bits per heavy atom. The summed E-state index contributed by atoms with van der Waals surface area (Å²) >= 11 is 4.97. The van der Waals surface area contributed by atoms with Crippen molar-refractivity contribution in [3.8, 4) is 0 Å². The van der Waals surface area contributed by atoms with Gasteiger partial charge < -0.3 is 0 Å². The van der Waals surface area contributed by atoms with E-state index in [1.165, 1.54) is 0 Å². The quantitative estimate of drug-likeness (QED) is 0.805. The van der Waals surface area contributed by atoms with Gasteiger partial charge in [0, 0.05) is 23.1 Å². The molecule has 2 heterocycles. The molecule has 2 amide bonds. The fourth-order valence-corrected chi connectivity index (χ4v) is 3.36. The Balaban J connectivity index is 2.33. The molecule has 15 heavy (non-hydrogen) atoms. The third-order valence-corrected chi connectivity index (χ3v) is 4.48. The summed E-state index contributed by atoms with van der Waals surface area (Å²) in [6.45, 7) is 1.96. The van der Waals surface area contributed by atoms with Gasteiger partial charge in [-0.3, -0.25) is 14.9 Å². The minimum atomic E-state index is -0.337. The van der Waals surface area contributed by atoms with Crippen LogP contribution in [0, 0.1) is 0 Å². The number of hydrogen-bond acceptors (Lipinski definition) is 3. The first-order valence-corrected chi connectivity index (χ1v) is 6.19. The summed E-state index contributed by atoms with van der Waals surface area (Å²) in [5, 5.41) is 2.33.